The highest BCUT2D eigenvalue weighted by Gasteiger charge is 2.43. The van der Waals surface area contributed by atoms with Gasteiger partial charge in [-0.3, -0.25) is 9.69 Å². The van der Waals surface area contributed by atoms with Gasteiger partial charge in [0.05, 0.1) is 0 Å². The fourth-order valence-corrected chi connectivity index (χ4v) is 3.22. The molecule has 112 valence electrons. The fourth-order valence-electron chi connectivity index (χ4n) is 3.22. The second-order valence-corrected chi connectivity index (χ2v) is 5.95. The number of nitrogens with zero attached hydrogens (tertiary/aromatic N) is 1. The van der Waals surface area contributed by atoms with Gasteiger partial charge in [0.25, 0.3) is 0 Å². The summed E-state index contributed by atoms with van der Waals surface area (Å²) >= 11 is 0. The minimum atomic E-state index is -0.582. The van der Waals surface area contributed by atoms with Gasteiger partial charge in [-0.1, -0.05) is 52.4 Å². The quantitative estimate of drug-likeness (QED) is 0.675. The maximum absolute atomic E-state index is 12.0. The first-order valence-electron chi connectivity index (χ1n) is 8.16. The van der Waals surface area contributed by atoms with Gasteiger partial charge in [-0.15, -0.1) is 0 Å². The lowest BCUT2D eigenvalue weighted by molar-refractivity contribution is -0.153. The van der Waals surface area contributed by atoms with Crippen LogP contribution >= 0.6 is 0 Å². The first-order valence-corrected chi connectivity index (χ1v) is 8.16. The van der Waals surface area contributed by atoms with Crippen molar-refractivity contribution in [2.45, 2.75) is 83.6 Å². The van der Waals surface area contributed by atoms with E-state index in [2.05, 4.69) is 18.7 Å². The van der Waals surface area contributed by atoms with Crippen LogP contribution in [0.1, 0.15) is 78.1 Å². The molecule has 0 aromatic heterocycles. The van der Waals surface area contributed by atoms with Gasteiger partial charge in [0, 0.05) is 0 Å². The lowest BCUT2D eigenvalue weighted by Crippen LogP contribution is -2.55. The molecule has 0 atom stereocenters. The highest BCUT2D eigenvalue weighted by molar-refractivity contribution is 5.78. The third kappa shape index (κ3) is 4.48. The van der Waals surface area contributed by atoms with Crippen molar-refractivity contribution in [3.63, 3.8) is 0 Å². The van der Waals surface area contributed by atoms with Crippen molar-refractivity contribution in [2.24, 2.45) is 0 Å². The molecule has 3 heteroatoms. The van der Waals surface area contributed by atoms with Gasteiger partial charge in [0.1, 0.15) is 5.54 Å². The van der Waals surface area contributed by atoms with E-state index >= 15 is 0 Å². The largest absolute Gasteiger partial charge is 0.480 e. The summed E-state index contributed by atoms with van der Waals surface area (Å²) < 4.78 is 0. The zero-order valence-corrected chi connectivity index (χ0v) is 12.8. The number of rotatable bonds is 8. The van der Waals surface area contributed by atoms with Gasteiger partial charge >= 0.3 is 5.97 Å². The first-order chi connectivity index (χ1) is 9.17. The van der Waals surface area contributed by atoms with Crippen LogP contribution in [0.15, 0.2) is 0 Å². The summed E-state index contributed by atoms with van der Waals surface area (Å²) in [5.41, 5.74) is -0.569. The number of aliphatic carboxylic acids is 1. The maximum Gasteiger partial charge on any atom is 0.324 e. The van der Waals surface area contributed by atoms with Crippen molar-refractivity contribution >= 4 is 5.97 Å². The molecule has 0 spiro atoms. The Morgan fingerprint density at radius 3 is 1.84 bits per heavy atom. The molecule has 0 saturated heterocycles. The number of unbranched alkanes of at least 4 members (excludes halogenated alkanes) is 2. The van der Waals surface area contributed by atoms with Gasteiger partial charge in [0.15, 0.2) is 0 Å². The Morgan fingerprint density at radius 1 is 1.00 bits per heavy atom. The molecular formula is C16H31NO2. The van der Waals surface area contributed by atoms with Crippen LogP contribution in [0, 0.1) is 0 Å². The molecule has 1 N–H and O–H groups in total. The number of hydrogen-bond donors (Lipinski definition) is 1. The van der Waals surface area contributed by atoms with Crippen LogP contribution in [0.2, 0.25) is 0 Å². The Labute approximate surface area is 118 Å². The Balaban J connectivity index is 2.84. The lowest BCUT2D eigenvalue weighted by atomic mass is 9.87. The van der Waals surface area contributed by atoms with Crippen LogP contribution < -0.4 is 0 Å². The van der Waals surface area contributed by atoms with Gasteiger partial charge in [-0.2, -0.15) is 0 Å². The lowest BCUT2D eigenvalue weighted by Gasteiger charge is -2.40. The highest BCUT2D eigenvalue weighted by atomic mass is 16.4. The molecule has 1 aliphatic carbocycles. The van der Waals surface area contributed by atoms with E-state index in [1.54, 1.807) is 0 Å². The Bertz CT molecular complexity index is 249. The third-order valence-electron chi connectivity index (χ3n) is 4.50. The summed E-state index contributed by atoms with van der Waals surface area (Å²) in [6, 6.07) is 0. The highest BCUT2D eigenvalue weighted by Crippen LogP contribution is 2.33. The molecule has 0 heterocycles. The van der Waals surface area contributed by atoms with Gasteiger partial charge in [-0.25, -0.2) is 0 Å². The molecule has 19 heavy (non-hydrogen) atoms. The summed E-state index contributed by atoms with van der Waals surface area (Å²) in [6.07, 6.45) is 10.7. The zero-order chi connectivity index (χ0) is 14.1. The van der Waals surface area contributed by atoms with Crippen LogP contribution in [0.4, 0.5) is 0 Å². The molecule has 0 amide bonds. The molecule has 1 rings (SSSR count). The summed E-state index contributed by atoms with van der Waals surface area (Å²) in [6.45, 7) is 6.25. The van der Waals surface area contributed by atoms with E-state index in [0.717, 1.165) is 64.5 Å². The predicted octanol–water partition coefficient (Wildman–Crippen LogP) is 4.07. The molecule has 0 radical (unpaired) electrons. The number of carbonyl (C=O) groups is 1. The third-order valence-corrected chi connectivity index (χ3v) is 4.50. The van der Waals surface area contributed by atoms with E-state index < -0.39 is 11.5 Å². The second kappa shape index (κ2) is 8.57. The molecule has 0 unspecified atom stereocenters. The Kier molecular flexibility index (Phi) is 7.44. The molecule has 3 nitrogen and oxygen atoms in total. The van der Waals surface area contributed by atoms with Crippen molar-refractivity contribution in [2.75, 3.05) is 13.1 Å². The number of carboxylic acid groups (broad SMARTS) is 1. The Hall–Kier alpha value is -0.570. The van der Waals surface area contributed by atoms with Crippen molar-refractivity contribution in [1.82, 2.24) is 4.90 Å². The molecule has 0 bridgehead atoms. The van der Waals surface area contributed by atoms with E-state index in [4.69, 9.17) is 0 Å². The normalized spacial score (nSPS) is 19.3. The maximum atomic E-state index is 12.0. The van der Waals surface area contributed by atoms with E-state index in [1.165, 1.54) is 12.8 Å². The van der Waals surface area contributed by atoms with Gasteiger partial charge in [-0.05, 0) is 38.8 Å². The van der Waals surface area contributed by atoms with Crippen molar-refractivity contribution in [3.05, 3.63) is 0 Å². The fraction of sp³-hybridized carbons (Fsp3) is 0.938. The summed E-state index contributed by atoms with van der Waals surface area (Å²) in [4.78, 5) is 14.3. The first kappa shape index (κ1) is 16.5. The topological polar surface area (TPSA) is 40.5 Å². The van der Waals surface area contributed by atoms with E-state index in [1.807, 2.05) is 0 Å². The molecule has 1 aliphatic rings. The minimum absolute atomic E-state index is 0.569. The number of carboxylic acids is 1. The second-order valence-electron chi connectivity index (χ2n) is 5.95. The SMILES string of the molecule is CCCCN(CCCC)C1(C(=O)O)CCCCCC1. The summed E-state index contributed by atoms with van der Waals surface area (Å²) in [5.74, 6) is -0.582. The van der Waals surface area contributed by atoms with E-state index in [9.17, 15) is 9.90 Å². The van der Waals surface area contributed by atoms with Crippen LogP contribution in [0.5, 0.6) is 0 Å². The average molecular weight is 269 g/mol. The smallest absolute Gasteiger partial charge is 0.324 e. The molecule has 1 saturated carbocycles. The van der Waals surface area contributed by atoms with Gasteiger partial charge < -0.3 is 5.11 Å². The standard InChI is InChI=1S/C16H31NO2/c1-3-5-13-17(14-6-4-2)16(15(18)19)11-9-7-8-10-12-16/h3-14H2,1-2H3,(H,18,19). The summed E-state index contributed by atoms with van der Waals surface area (Å²) in [7, 11) is 0. The number of hydrogen-bond acceptors (Lipinski definition) is 2. The van der Waals surface area contributed by atoms with E-state index in [-0.39, 0.29) is 0 Å². The van der Waals surface area contributed by atoms with Crippen molar-refractivity contribution in [1.29, 1.82) is 0 Å². The van der Waals surface area contributed by atoms with E-state index in [0.29, 0.717) is 0 Å². The monoisotopic (exact) mass is 269 g/mol. The molecular weight excluding hydrogens is 238 g/mol. The van der Waals surface area contributed by atoms with Crippen LogP contribution in [0.25, 0.3) is 0 Å². The van der Waals surface area contributed by atoms with Crippen LogP contribution in [0.3, 0.4) is 0 Å². The summed E-state index contributed by atoms with van der Waals surface area (Å²) in [5, 5.41) is 9.84. The van der Waals surface area contributed by atoms with Crippen molar-refractivity contribution < 1.29 is 9.90 Å². The molecule has 0 aromatic carbocycles. The van der Waals surface area contributed by atoms with Gasteiger partial charge in [0.2, 0.25) is 0 Å². The minimum Gasteiger partial charge on any atom is -0.480 e. The predicted molar refractivity (Wildman–Crippen MR) is 79.5 cm³/mol. The molecule has 0 aliphatic heterocycles. The average Bonchev–Trinajstić information content (AvgIpc) is 2.65. The van der Waals surface area contributed by atoms with Crippen LogP contribution in [-0.2, 0) is 4.79 Å². The zero-order valence-electron chi connectivity index (χ0n) is 12.8. The Morgan fingerprint density at radius 2 is 1.47 bits per heavy atom. The molecule has 1 fully saturated rings. The van der Waals surface area contributed by atoms with Crippen LogP contribution in [-0.4, -0.2) is 34.6 Å². The van der Waals surface area contributed by atoms with Crippen molar-refractivity contribution in [3.8, 4) is 0 Å². The molecule has 0 aromatic rings.